The molecule has 1 saturated carbocycles. The van der Waals surface area contributed by atoms with Crippen LogP contribution in [-0.2, 0) is 9.47 Å². The van der Waals surface area contributed by atoms with E-state index in [2.05, 4.69) is 13.8 Å². The van der Waals surface area contributed by atoms with Gasteiger partial charge in [-0.15, -0.1) is 0 Å². The van der Waals surface area contributed by atoms with E-state index in [0.29, 0.717) is 24.3 Å². The molecule has 220 valence electrons. The Kier molecular flexibility index (Phi) is 26.7. The van der Waals surface area contributed by atoms with Crippen molar-refractivity contribution >= 4 is 11.9 Å². The molecule has 1 fully saturated rings. The Hall–Kier alpha value is -1.92. The van der Waals surface area contributed by atoms with Crippen LogP contribution < -0.4 is 0 Å². The fourth-order valence-corrected chi connectivity index (χ4v) is 4.15. The Bertz CT molecular complexity index is 609. The topological polar surface area (TPSA) is 93.1 Å². The van der Waals surface area contributed by atoms with Gasteiger partial charge in [0.25, 0.3) is 0 Å². The zero-order valence-electron chi connectivity index (χ0n) is 24.4. The van der Waals surface area contributed by atoms with Gasteiger partial charge in [0.05, 0.1) is 37.6 Å². The highest BCUT2D eigenvalue weighted by molar-refractivity contribution is 6.03. The SMILES string of the molecule is C1CCCCC1.CCCCCCCCOC(=O)c1ccccc1C(=O)OCCCCCCCC.OCCO. The van der Waals surface area contributed by atoms with Crippen LogP contribution in [0.3, 0.4) is 0 Å². The van der Waals surface area contributed by atoms with Gasteiger partial charge in [-0.25, -0.2) is 9.59 Å². The lowest BCUT2D eigenvalue weighted by Crippen LogP contribution is -2.15. The number of unbranched alkanes of at least 4 members (excludes halogenated alkanes) is 10. The summed E-state index contributed by atoms with van der Waals surface area (Å²) in [5.74, 6) is -0.888. The van der Waals surface area contributed by atoms with Crippen molar-refractivity contribution < 1.29 is 29.3 Å². The summed E-state index contributed by atoms with van der Waals surface area (Å²) in [5, 5.41) is 15.2. The molecule has 1 aliphatic carbocycles. The second-order valence-electron chi connectivity index (χ2n) is 9.92. The number of hydrogen-bond acceptors (Lipinski definition) is 6. The summed E-state index contributed by atoms with van der Waals surface area (Å²) >= 11 is 0. The molecule has 0 unspecified atom stereocenters. The predicted molar refractivity (Wildman–Crippen MR) is 156 cm³/mol. The molecule has 0 heterocycles. The Morgan fingerprint density at radius 3 is 1.21 bits per heavy atom. The minimum absolute atomic E-state index is 0.125. The lowest BCUT2D eigenvalue weighted by atomic mass is 10.0. The summed E-state index contributed by atoms with van der Waals surface area (Å²) in [6.07, 6.45) is 22.6. The van der Waals surface area contributed by atoms with Crippen molar-refractivity contribution in [2.24, 2.45) is 0 Å². The van der Waals surface area contributed by atoms with E-state index in [4.69, 9.17) is 19.7 Å². The van der Waals surface area contributed by atoms with E-state index in [1.54, 1.807) is 24.3 Å². The summed E-state index contributed by atoms with van der Waals surface area (Å²) in [4.78, 5) is 24.7. The number of aliphatic hydroxyl groups excluding tert-OH is 2. The number of benzene rings is 1. The smallest absolute Gasteiger partial charge is 0.339 e. The van der Waals surface area contributed by atoms with E-state index in [-0.39, 0.29) is 13.2 Å². The molecule has 38 heavy (non-hydrogen) atoms. The number of aliphatic hydroxyl groups is 2. The molecule has 0 spiro atoms. The summed E-state index contributed by atoms with van der Waals surface area (Å²) in [6, 6.07) is 6.74. The summed E-state index contributed by atoms with van der Waals surface area (Å²) in [6.45, 7) is 4.92. The lowest BCUT2D eigenvalue weighted by Gasteiger charge is -2.10. The minimum atomic E-state index is -0.444. The lowest BCUT2D eigenvalue weighted by molar-refractivity contribution is 0.0450. The molecule has 0 radical (unpaired) electrons. The van der Waals surface area contributed by atoms with Crippen molar-refractivity contribution in [3.8, 4) is 0 Å². The highest BCUT2D eigenvalue weighted by Crippen LogP contribution is 2.15. The molecular formula is C32H56O6. The first-order valence-corrected chi connectivity index (χ1v) is 15.3. The molecule has 1 aromatic rings. The maximum Gasteiger partial charge on any atom is 0.339 e. The van der Waals surface area contributed by atoms with Crippen molar-refractivity contribution in [1.82, 2.24) is 0 Å². The molecule has 6 heteroatoms. The number of carbonyl (C=O) groups is 2. The number of carbonyl (C=O) groups excluding carboxylic acids is 2. The maximum atomic E-state index is 12.4. The van der Waals surface area contributed by atoms with Crippen molar-refractivity contribution in [3.63, 3.8) is 0 Å². The molecule has 6 nitrogen and oxygen atoms in total. The highest BCUT2D eigenvalue weighted by atomic mass is 16.5. The average molecular weight is 537 g/mol. The highest BCUT2D eigenvalue weighted by Gasteiger charge is 2.18. The van der Waals surface area contributed by atoms with Gasteiger partial charge in [0, 0.05) is 0 Å². The van der Waals surface area contributed by atoms with Gasteiger partial charge in [0.2, 0.25) is 0 Å². The van der Waals surface area contributed by atoms with Gasteiger partial charge in [-0.1, -0.05) is 129 Å². The average Bonchev–Trinajstić information content (AvgIpc) is 2.97. The van der Waals surface area contributed by atoms with Crippen LogP contribution in [0, 0.1) is 0 Å². The fourth-order valence-electron chi connectivity index (χ4n) is 4.15. The van der Waals surface area contributed by atoms with Crippen LogP contribution in [0.1, 0.15) is 150 Å². The zero-order chi connectivity index (χ0) is 28.1. The van der Waals surface area contributed by atoms with Gasteiger partial charge < -0.3 is 19.7 Å². The minimum Gasteiger partial charge on any atom is -0.462 e. The van der Waals surface area contributed by atoms with Crippen LogP contribution in [0.15, 0.2) is 24.3 Å². The van der Waals surface area contributed by atoms with Gasteiger partial charge in [-0.3, -0.25) is 0 Å². The van der Waals surface area contributed by atoms with Gasteiger partial charge in [-0.2, -0.15) is 0 Å². The monoisotopic (exact) mass is 536 g/mol. The van der Waals surface area contributed by atoms with Crippen molar-refractivity contribution in [3.05, 3.63) is 35.4 Å². The number of ether oxygens (including phenoxy) is 2. The summed E-state index contributed by atoms with van der Waals surface area (Å²) < 4.78 is 10.7. The van der Waals surface area contributed by atoms with E-state index in [1.807, 2.05) is 0 Å². The quantitative estimate of drug-likeness (QED) is 0.155. The molecule has 0 aromatic heterocycles. The normalized spacial score (nSPS) is 12.4. The van der Waals surface area contributed by atoms with E-state index < -0.39 is 11.9 Å². The van der Waals surface area contributed by atoms with E-state index in [1.165, 1.54) is 89.9 Å². The Morgan fingerprint density at radius 1 is 0.579 bits per heavy atom. The first-order valence-electron chi connectivity index (χ1n) is 15.3. The van der Waals surface area contributed by atoms with E-state index in [9.17, 15) is 9.59 Å². The summed E-state index contributed by atoms with van der Waals surface area (Å²) in [7, 11) is 0. The Labute approximate surface area is 232 Å². The van der Waals surface area contributed by atoms with E-state index in [0.717, 1.165) is 25.7 Å². The van der Waals surface area contributed by atoms with Crippen molar-refractivity contribution in [2.45, 2.75) is 129 Å². The molecular weight excluding hydrogens is 480 g/mol. The van der Waals surface area contributed by atoms with Gasteiger partial charge in [0.1, 0.15) is 0 Å². The van der Waals surface area contributed by atoms with Crippen molar-refractivity contribution in [1.29, 1.82) is 0 Å². The maximum absolute atomic E-state index is 12.4. The molecule has 2 rings (SSSR count). The van der Waals surface area contributed by atoms with Gasteiger partial charge in [-0.05, 0) is 25.0 Å². The largest absolute Gasteiger partial charge is 0.462 e. The molecule has 0 bridgehead atoms. The fraction of sp³-hybridized carbons (Fsp3) is 0.750. The molecule has 1 aromatic carbocycles. The molecule has 1 aliphatic rings. The second-order valence-corrected chi connectivity index (χ2v) is 9.92. The molecule has 2 N–H and O–H groups in total. The Balaban J connectivity index is 0.00000114. The third kappa shape index (κ3) is 21.1. The summed E-state index contributed by atoms with van der Waals surface area (Å²) in [5.41, 5.74) is 0.586. The molecule has 0 aliphatic heterocycles. The Morgan fingerprint density at radius 2 is 0.895 bits per heavy atom. The number of hydrogen-bond donors (Lipinski definition) is 2. The standard InChI is InChI=1S/C24H38O4.C6H12.C2H6O2/c1-3-5-7-9-11-15-19-27-23(25)21-17-13-14-18-22(21)24(26)28-20-16-12-10-8-6-4-2;1-2-4-6-5-3-1;3-1-2-4/h13-14,17-18H,3-12,15-16,19-20H2,1-2H3;1-6H2;3-4H,1-2H2. The zero-order valence-corrected chi connectivity index (χ0v) is 24.4. The van der Waals surface area contributed by atoms with Gasteiger partial charge in [0.15, 0.2) is 0 Å². The van der Waals surface area contributed by atoms with Crippen LogP contribution in [0.25, 0.3) is 0 Å². The number of esters is 2. The third-order valence-electron chi connectivity index (χ3n) is 6.43. The second kappa shape index (κ2) is 28.1. The first-order chi connectivity index (χ1) is 18.6. The van der Waals surface area contributed by atoms with Crippen LogP contribution in [-0.4, -0.2) is 48.6 Å². The van der Waals surface area contributed by atoms with Crippen LogP contribution in [0.4, 0.5) is 0 Å². The number of rotatable bonds is 17. The van der Waals surface area contributed by atoms with E-state index >= 15 is 0 Å². The van der Waals surface area contributed by atoms with Crippen LogP contribution >= 0.6 is 0 Å². The van der Waals surface area contributed by atoms with Crippen LogP contribution in [0.5, 0.6) is 0 Å². The molecule has 0 atom stereocenters. The first kappa shape index (κ1) is 36.1. The van der Waals surface area contributed by atoms with Gasteiger partial charge >= 0.3 is 11.9 Å². The van der Waals surface area contributed by atoms with Crippen molar-refractivity contribution in [2.75, 3.05) is 26.4 Å². The third-order valence-corrected chi connectivity index (χ3v) is 6.43. The van der Waals surface area contributed by atoms with Crippen LogP contribution in [0.2, 0.25) is 0 Å². The predicted octanol–water partition coefficient (Wildman–Crippen LogP) is 8.03. The molecule has 0 saturated heterocycles. The molecule has 0 amide bonds.